The van der Waals surface area contributed by atoms with Crippen molar-refractivity contribution < 1.29 is 9.32 Å². The summed E-state index contributed by atoms with van der Waals surface area (Å²) in [5.41, 5.74) is 2.08. The van der Waals surface area contributed by atoms with Gasteiger partial charge in [-0.05, 0) is 30.7 Å². The second kappa shape index (κ2) is 7.74. The van der Waals surface area contributed by atoms with Gasteiger partial charge < -0.3 is 19.8 Å². The molecule has 29 heavy (non-hydrogen) atoms. The molecule has 4 heterocycles. The lowest BCUT2D eigenvalue weighted by atomic mass is 10.2. The van der Waals surface area contributed by atoms with E-state index in [1.54, 1.807) is 0 Å². The van der Waals surface area contributed by atoms with Crippen LogP contribution in [0.5, 0.6) is 0 Å². The van der Waals surface area contributed by atoms with Crippen molar-refractivity contribution in [3.63, 3.8) is 0 Å². The zero-order valence-electron chi connectivity index (χ0n) is 16.1. The van der Waals surface area contributed by atoms with Crippen LogP contribution in [-0.2, 0) is 17.2 Å². The fraction of sp³-hybridized carbons (Fsp3) is 0.500. The van der Waals surface area contributed by atoms with Gasteiger partial charge in [0.05, 0.1) is 22.6 Å². The third-order valence-electron chi connectivity index (χ3n) is 5.88. The summed E-state index contributed by atoms with van der Waals surface area (Å²) in [5.74, 6) is 2.09. The number of β-amino-alcohol motifs (C(OH)–C–C–N with tert-alkyl or cyclic N) is 1. The summed E-state index contributed by atoms with van der Waals surface area (Å²) in [7, 11) is -1.05. The number of fused-ring (bicyclic) bond motifs is 1. The lowest BCUT2D eigenvalue weighted by molar-refractivity contribution is 0.198. The summed E-state index contributed by atoms with van der Waals surface area (Å²) in [5, 5.41) is 10.7. The normalized spacial score (nSPS) is 24.3. The van der Waals surface area contributed by atoms with E-state index >= 15 is 0 Å². The second-order valence-electron chi connectivity index (χ2n) is 7.76. The van der Waals surface area contributed by atoms with Crippen molar-refractivity contribution in [2.75, 3.05) is 59.7 Å². The van der Waals surface area contributed by atoms with E-state index < -0.39 is 10.8 Å². The molecule has 0 radical (unpaired) electrons. The van der Waals surface area contributed by atoms with Gasteiger partial charge in [0.15, 0.2) is 5.82 Å². The largest absolute Gasteiger partial charge is 0.391 e. The second-order valence-corrected chi connectivity index (χ2v) is 9.71. The number of rotatable bonds is 3. The Morgan fingerprint density at radius 2 is 1.72 bits per heavy atom. The molecule has 1 aromatic carbocycles. The number of aliphatic hydroxyl groups excluding tert-OH is 1. The van der Waals surface area contributed by atoms with Crippen LogP contribution < -0.4 is 14.7 Å². The van der Waals surface area contributed by atoms with E-state index in [4.69, 9.17) is 21.6 Å². The molecule has 2 aromatic rings. The highest BCUT2D eigenvalue weighted by Gasteiger charge is 2.33. The van der Waals surface area contributed by atoms with Crippen LogP contribution in [0.25, 0.3) is 0 Å². The highest BCUT2D eigenvalue weighted by Crippen LogP contribution is 2.34. The number of halogens is 1. The standard InChI is InChI=1S/C20H24ClN5O2S/c21-14-1-3-15(4-2-14)24-8-10-25(11-9-24)20-22-17-6-12-29(28)18(17)19(23-20)26-7-5-16(27)13-26/h1-4,16,27H,5-13H2. The van der Waals surface area contributed by atoms with Crippen molar-refractivity contribution in [3.8, 4) is 0 Å². The fourth-order valence-corrected chi connectivity index (χ4v) is 5.77. The van der Waals surface area contributed by atoms with Crippen LogP contribution >= 0.6 is 11.6 Å². The summed E-state index contributed by atoms with van der Waals surface area (Å²) in [6, 6.07) is 7.94. The van der Waals surface area contributed by atoms with Gasteiger partial charge in [-0.15, -0.1) is 0 Å². The first kappa shape index (κ1) is 19.1. The first-order valence-corrected chi connectivity index (χ1v) is 11.8. The van der Waals surface area contributed by atoms with Crippen molar-refractivity contribution in [2.24, 2.45) is 0 Å². The van der Waals surface area contributed by atoms with Gasteiger partial charge in [-0.25, -0.2) is 4.98 Å². The van der Waals surface area contributed by atoms with E-state index in [0.717, 1.165) is 72.9 Å². The first-order valence-electron chi connectivity index (χ1n) is 10.1. The van der Waals surface area contributed by atoms with E-state index in [1.807, 2.05) is 12.1 Å². The van der Waals surface area contributed by atoms with Crippen molar-refractivity contribution in [3.05, 3.63) is 35.0 Å². The Morgan fingerprint density at radius 3 is 2.41 bits per heavy atom. The maximum Gasteiger partial charge on any atom is 0.227 e. The fourth-order valence-electron chi connectivity index (χ4n) is 4.27. The maximum atomic E-state index is 12.5. The van der Waals surface area contributed by atoms with E-state index in [0.29, 0.717) is 12.3 Å². The lowest BCUT2D eigenvalue weighted by Crippen LogP contribution is -2.47. The van der Waals surface area contributed by atoms with Crippen LogP contribution in [0.4, 0.5) is 17.5 Å². The lowest BCUT2D eigenvalue weighted by Gasteiger charge is -2.36. The molecule has 0 aliphatic carbocycles. The highest BCUT2D eigenvalue weighted by molar-refractivity contribution is 7.85. The molecule has 0 saturated carbocycles. The number of hydrogen-bond donors (Lipinski definition) is 1. The van der Waals surface area contributed by atoms with E-state index in [-0.39, 0.29) is 6.10 Å². The molecule has 0 bridgehead atoms. The number of benzene rings is 1. The summed E-state index contributed by atoms with van der Waals surface area (Å²) in [6.07, 6.45) is 1.10. The molecule has 0 amide bonds. The molecule has 154 valence electrons. The number of hydrogen-bond acceptors (Lipinski definition) is 7. The third kappa shape index (κ3) is 3.69. The van der Waals surface area contributed by atoms with Gasteiger partial charge in [-0.3, -0.25) is 4.21 Å². The Bertz CT molecular complexity index is 933. The molecule has 0 spiro atoms. The molecule has 1 aromatic heterocycles. The molecule has 3 aliphatic rings. The number of aryl methyl sites for hydroxylation is 1. The van der Waals surface area contributed by atoms with Crippen molar-refractivity contribution in [1.82, 2.24) is 9.97 Å². The molecule has 2 atom stereocenters. The zero-order valence-corrected chi connectivity index (χ0v) is 17.7. The average molecular weight is 434 g/mol. The first-order chi connectivity index (χ1) is 14.1. The molecular weight excluding hydrogens is 410 g/mol. The molecule has 3 aliphatic heterocycles. The summed E-state index contributed by atoms with van der Waals surface area (Å²) in [4.78, 5) is 17.0. The summed E-state index contributed by atoms with van der Waals surface area (Å²) < 4.78 is 12.5. The minimum Gasteiger partial charge on any atom is -0.391 e. The molecular formula is C20H24ClN5O2S. The van der Waals surface area contributed by atoms with E-state index in [1.165, 1.54) is 5.69 Å². The van der Waals surface area contributed by atoms with Crippen LogP contribution in [0.15, 0.2) is 29.2 Å². The minimum absolute atomic E-state index is 0.346. The number of anilines is 3. The van der Waals surface area contributed by atoms with Crippen LogP contribution in [0.1, 0.15) is 12.1 Å². The average Bonchev–Trinajstić information content (AvgIpc) is 3.34. The highest BCUT2D eigenvalue weighted by atomic mass is 35.5. The van der Waals surface area contributed by atoms with Crippen LogP contribution in [0, 0.1) is 0 Å². The molecule has 1 N–H and O–H groups in total. The predicted molar refractivity (Wildman–Crippen MR) is 116 cm³/mol. The number of piperazine rings is 1. The third-order valence-corrected chi connectivity index (χ3v) is 7.58. The van der Waals surface area contributed by atoms with Crippen molar-refractivity contribution >= 4 is 39.9 Å². The van der Waals surface area contributed by atoms with Gasteiger partial charge >= 0.3 is 0 Å². The van der Waals surface area contributed by atoms with Gasteiger partial charge in [0.25, 0.3) is 0 Å². The zero-order chi connectivity index (χ0) is 20.0. The maximum absolute atomic E-state index is 12.5. The number of aliphatic hydroxyl groups is 1. The van der Waals surface area contributed by atoms with Gasteiger partial charge in [-0.1, -0.05) is 11.6 Å². The topological polar surface area (TPSA) is 72.8 Å². The van der Waals surface area contributed by atoms with Gasteiger partial charge in [0.1, 0.15) is 4.90 Å². The van der Waals surface area contributed by atoms with Crippen molar-refractivity contribution in [1.29, 1.82) is 0 Å². The summed E-state index contributed by atoms with van der Waals surface area (Å²) in [6.45, 7) is 4.70. The van der Waals surface area contributed by atoms with Crippen LogP contribution in [0.3, 0.4) is 0 Å². The number of nitrogens with zero attached hydrogens (tertiary/aromatic N) is 5. The van der Waals surface area contributed by atoms with Crippen LogP contribution in [0.2, 0.25) is 5.02 Å². The van der Waals surface area contributed by atoms with E-state index in [2.05, 4.69) is 26.8 Å². The Morgan fingerprint density at radius 1 is 1.00 bits per heavy atom. The smallest absolute Gasteiger partial charge is 0.227 e. The Hall–Kier alpha value is -1.90. The Balaban J connectivity index is 1.38. The Kier molecular flexibility index (Phi) is 5.09. The van der Waals surface area contributed by atoms with Crippen molar-refractivity contribution in [2.45, 2.75) is 23.8 Å². The molecule has 2 saturated heterocycles. The van der Waals surface area contributed by atoms with Crippen LogP contribution in [-0.4, -0.2) is 70.4 Å². The quantitative estimate of drug-likeness (QED) is 0.789. The number of aromatic nitrogens is 2. The molecule has 2 fully saturated rings. The molecule has 2 unspecified atom stereocenters. The monoisotopic (exact) mass is 433 g/mol. The van der Waals surface area contributed by atoms with E-state index in [9.17, 15) is 9.32 Å². The molecule has 7 nitrogen and oxygen atoms in total. The minimum atomic E-state index is -1.05. The SMILES string of the molecule is O=S1CCc2nc(N3CCN(c4ccc(Cl)cc4)CC3)nc(N3CCC(O)C3)c21. The van der Waals surface area contributed by atoms with Gasteiger partial charge in [-0.2, -0.15) is 4.98 Å². The van der Waals surface area contributed by atoms with Gasteiger partial charge in [0, 0.05) is 62.2 Å². The van der Waals surface area contributed by atoms with Gasteiger partial charge in [0.2, 0.25) is 5.95 Å². The predicted octanol–water partition coefficient (Wildman–Crippen LogP) is 1.69. The molecule has 9 heteroatoms. The molecule has 5 rings (SSSR count). The Labute approximate surface area is 177 Å². The summed E-state index contributed by atoms with van der Waals surface area (Å²) >= 11 is 6.00.